The molecule has 30 nitrogen and oxygen atoms in total. The van der Waals surface area contributed by atoms with Crippen LogP contribution < -0.4 is 70.0 Å². The highest BCUT2D eigenvalue weighted by molar-refractivity contribution is 7.99. The monoisotopic (exact) mass is 1260 g/mol. The Bertz CT molecular complexity index is 2470. The molecule has 0 saturated carbocycles. The minimum absolute atomic E-state index is 0.0251. The summed E-state index contributed by atoms with van der Waals surface area (Å²) < 4.78 is 0. The van der Waals surface area contributed by atoms with E-state index in [0.29, 0.717) is 25.7 Å². The van der Waals surface area contributed by atoms with Gasteiger partial charge in [0.25, 0.3) is 0 Å². The number of amides is 13. The van der Waals surface area contributed by atoms with E-state index in [9.17, 15) is 72.2 Å². The molecule has 88 heavy (non-hydrogen) atoms. The summed E-state index contributed by atoms with van der Waals surface area (Å²) in [5.41, 5.74) is 11.4. The Hall–Kier alpha value is -7.15. The van der Waals surface area contributed by atoms with Gasteiger partial charge in [-0.3, -0.25) is 67.1 Å². The van der Waals surface area contributed by atoms with Crippen LogP contribution in [0.5, 0.6) is 0 Å². The number of hydrogen-bond donors (Lipinski definition) is 14. The Morgan fingerprint density at radius 3 is 1.64 bits per heavy atom. The maximum absolute atomic E-state index is 14.7. The molecule has 496 valence electrons. The summed E-state index contributed by atoms with van der Waals surface area (Å²) in [6.07, 6.45) is 1.93. The van der Waals surface area contributed by atoms with Gasteiger partial charge in [0.05, 0.1) is 25.7 Å². The molecule has 31 heteroatoms. The summed E-state index contributed by atoms with van der Waals surface area (Å²) >= 11 is 1.05. The summed E-state index contributed by atoms with van der Waals surface area (Å²) in [7, 11) is 0. The first-order valence-electron chi connectivity index (χ1n) is 30.5. The van der Waals surface area contributed by atoms with Crippen LogP contribution in [0.25, 0.3) is 0 Å². The van der Waals surface area contributed by atoms with E-state index >= 15 is 0 Å². The number of carboxylic acids is 1. The number of hydrogen-bond acceptors (Lipinski definition) is 17. The minimum atomic E-state index is -1.43. The molecule has 3 fully saturated rings. The first kappa shape index (κ1) is 75.1. The van der Waals surface area contributed by atoms with Crippen LogP contribution in [0, 0.1) is 23.7 Å². The summed E-state index contributed by atoms with van der Waals surface area (Å²) in [6, 6.07) is -12.3. The molecule has 0 radical (unpaired) electrons. The van der Waals surface area contributed by atoms with Crippen molar-refractivity contribution in [2.24, 2.45) is 35.1 Å². The second kappa shape index (κ2) is 37.6. The highest BCUT2D eigenvalue weighted by atomic mass is 32.2. The highest BCUT2D eigenvalue weighted by Crippen LogP contribution is 2.22. The van der Waals surface area contributed by atoms with E-state index in [4.69, 9.17) is 11.5 Å². The molecule has 3 rings (SSSR count). The van der Waals surface area contributed by atoms with Gasteiger partial charge in [-0.25, -0.2) is 0 Å². The lowest BCUT2D eigenvalue weighted by Crippen LogP contribution is -2.59. The number of aliphatic carboxylic acids is 1. The van der Waals surface area contributed by atoms with Crippen molar-refractivity contribution in [3.05, 3.63) is 0 Å². The fourth-order valence-electron chi connectivity index (χ4n) is 10.2. The zero-order chi connectivity index (χ0) is 65.9. The molecule has 5 unspecified atom stereocenters. The van der Waals surface area contributed by atoms with E-state index < -0.39 is 175 Å². The van der Waals surface area contributed by atoms with Crippen molar-refractivity contribution in [1.82, 2.24) is 68.3 Å². The third-order valence-corrected chi connectivity index (χ3v) is 15.9. The fraction of sp³-hybridized carbons (Fsp3) is 0.754. The summed E-state index contributed by atoms with van der Waals surface area (Å²) in [4.78, 5) is 194. The van der Waals surface area contributed by atoms with E-state index in [0.717, 1.165) is 11.8 Å². The Balaban J connectivity index is 2.17. The zero-order valence-corrected chi connectivity index (χ0v) is 53.2. The lowest BCUT2D eigenvalue weighted by Gasteiger charge is -2.30. The van der Waals surface area contributed by atoms with Crippen LogP contribution in [0.1, 0.15) is 133 Å². The van der Waals surface area contributed by atoms with Crippen LogP contribution in [-0.4, -0.2) is 215 Å². The summed E-state index contributed by atoms with van der Waals surface area (Å²) in [6.45, 7) is 13.4. The number of thioether (sulfide) groups is 1. The Morgan fingerprint density at radius 2 is 1.10 bits per heavy atom. The normalized spacial score (nSPS) is 25.1. The van der Waals surface area contributed by atoms with Gasteiger partial charge in [-0.15, -0.1) is 0 Å². The van der Waals surface area contributed by atoms with Gasteiger partial charge in [0.15, 0.2) is 0 Å². The summed E-state index contributed by atoms with van der Waals surface area (Å²) in [5.74, 6) is -12.5. The van der Waals surface area contributed by atoms with Crippen LogP contribution in [-0.2, 0) is 67.1 Å². The van der Waals surface area contributed by atoms with E-state index in [2.05, 4.69) is 58.5 Å². The number of rotatable bonds is 20. The molecule has 10 atom stereocenters. The second-order valence-electron chi connectivity index (χ2n) is 24.2. The number of carbonyl (C=O) groups excluding carboxylic acids is 13. The molecule has 3 heterocycles. The maximum atomic E-state index is 14.7. The lowest BCUT2D eigenvalue weighted by molar-refractivity contribution is -0.142. The molecule has 0 spiro atoms. The average molecular weight is 1260 g/mol. The van der Waals surface area contributed by atoms with Gasteiger partial charge in [0.2, 0.25) is 76.8 Å². The molecule has 3 aliphatic heterocycles. The van der Waals surface area contributed by atoms with Gasteiger partial charge < -0.3 is 84.9 Å². The van der Waals surface area contributed by atoms with Crippen LogP contribution in [0.4, 0.5) is 0 Å². The SMILES string of the molecule is CC(C)CC1NC(=O)C(NC(=O)[C@@H]2CCCN2C(=O)CNC(=O)[C@H](C)N)CCSC[C@@H](C(=O)N2CCC[C@H]2C(=O)NCC(=O)O)NC(=O)C(CC(C)C)NC(=O)C(CCCCN)NC(=O)CNC(=O)C(CC(C)C)NC(=O)[C@H](C(C)C)NC(=O)CNC1=O. The lowest BCUT2D eigenvalue weighted by atomic mass is 10.00. The molecule has 0 aliphatic carbocycles. The van der Waals surface area contributed by atoms with Crippen molar-refractivity contribution in [2.75, 3.05) is 57.3 Å². The number of nitrogens with zero attached hydrogens (tertiary/aromatic N) is 2. The minimum Gasteiger partial charge on any atom is -0.480 e. The van der Waals surface area contributed by atoms with E-state index in [1.165, 1.54) is 16.7 Å². The Kier molecular flexibility index (Phi) is 32.1. The van der Waals surface area contributed by atoms with Crippen molar-refractivity contribution in [3.63, 3.8) is 0 Å². The number of carbonyl (C=O) groups is 14. The number of carboxylic acid groups (broad SMARTS) is 1. The first-order chi connectivity index (χ1) is 41.4. The molecule has 13 amide bonds. The molecule has 3 aliphatic rings. The smallest absolute Gasteiger partial charge is 0.322 e. The van der Waals surface area contributed by atoms with E-state index in [-0.39, 0.29) is 93.8 Å². The number of unbranched alkanes of at least 4 members (excludes halogenated alkanes) is 1. The predicted octanol–water partition coefficient (Wildman–Crippen LogP) is -3.68. The van der Waals surface area contributed by atoms with E-state index in [1.807, 2.05) is 0 Å². The number of likely N-dealkylation sites (tertiary alicyclic amines) is 2. The van der Waals surface area contributed by atoms with Crippen molar-refractivity contribution in [2.45, 2.75) is 193 Å². The summed E-state index contributed by atoms with van der Waals surface area (Å²) in [5, 5.41) is 38.0. The van der Waals surface area contributed by atoms with E-state index in [1.54, 1.807) is 55.4 Å². The molecule has 0 aromatic rings. The average Bonchev–Trinajstić information content (AvgIpc) is 3.18. The van der Waals surface area contributed by atoms with Crippen LogP contribution in [0.2, 0.25) is 0 Å². The quantitative estimate of drug-likeness (QED) is 0.0522. The highest BCUT2D eigenvalue weighted by Gasteiger charge is 2.41. The molecular formula is C57H97N15O15S. The second-order valence-corrected chi connectivity index (χ2v) is 25.4. The molecular weight excluding hydrogens is 1170 g/mol. The number of nitrogens with two attached hydrogens (primary N) is 2. The van der Waals surface area contributed by atoms with Gasteiger partial charge >= 0.3 is 5.97 Å². The third kappa shape index (κ3) is 25.5. The molecule has 0 aromatic carbocycles. The van der Waals surface area contributed by atoms with Crippen LogP contribution >= 0.6 is 11.8 Å². The number of nitrogens with one attached hydrogen (secondary N) is 11. The van der Waals surface area contributed by atoms with Gasteiger partial charge in [0.1, 0.15) is 60.9 Å². The van der Waals surface area contributed by atoms with Crippen molar-refractivity contribution in [3.8, 4) is 0 Å². The topological polar surface area (TPSA) is 450 Å². The molecule has 0 aromatic heterocycles. The van der Waals surface area contributed by atoms with Gasteiger partial charge in [-0.05, 0) is 114 Å². The zero-order valence-electron chi connectivity index (χ0n) is 52.3. The standard InChI is InChI=1S/C57H97N15O15S/c1-30(2)22-37-49(79)61-26-44(74)70-47(33(7)8)56(86)68-38(23-31(3)4)50(80)60-25-43(73)64-35(14-10-11-18-58)51(81)67-39(24-32(5)6)53(83)69-40(57(87)72-20-13-15-41(72)54(84)63-28-46(76)77)29-88-21-17-36(52(82)66-37)65-55(85)42-16-12-19-71(42)45(75)27-62-48(78)34(9)59/h30-42,47H,10-29,58-59H2,1-9H3,(H,60,80)(H,61,79)(H,62,78)(H,63,84)(H,64,73)(H,65,85)(H,66,82)(H,67,81)(H,68,86)(H,69,83)(H,70,74)(H,76,77)/t34-,35?,36?,37?,38?,39?,40-,41-,42-,47-/m0/s1. The van der Waals surface area contributed by atoms with Gasteiger partial charge in [-0.1, -0.05) is 55.4 Å². The fourth-order valence-corrected chi connectivity index (χ4v) is 11.2. The van der Waals surface area contributed by atoms with Crippen molar-refractivity contribution < 1.29 is 72.2 Å². The van der Waals surface area contributed by atoms with Gasteiger partial charge in [-0.2, -0.15) is 11.8 Å². The Labute approximate surface area is 519 Å². The van der Waals surface area contributed by atoms with Crippen LogP contribution in [0.3, 0.4) is 0 Å². The van der Waals surface area contributed by atoms with Gasteiger partial charge in [0, 0.05) is 18.8 Å². The van der Waals surface area contributed by atoms with Crippen LogP contribution in [0.15, 0.2) is 0 Å². The first-order valence-corrected chi connectivity index (χ1v) is 31.7. The van der Waals surface area contributed by atoms with Crippen molar-refractivity contribution >= 4 is 94.5 Å². The molecule has 0 bridgehead atoms. The maximum Gasteiger partial charge on any atom is 0.322 e. The predicted molar refractivity (Wildman–Crippen MR) is 324 cm³/mol. The van der Waals surface area contributed by atoms with Crippen molar-refractivity contribution in [1.29, 1.82) is 0 Å². The largest absolute Gasteiger partial charge is 0.480 e. The molecule has 16 N–H and O–H groups in total. The third-order valence-electron chi connectivity index (χ3n) is 14.8. The molecule has 3 saturated heterocycles. The Morgan fingerprint density at radius 1 is 0.591 bits per heavy atom.